The number of rotatable bonds is 6. The van der Waals surface area contributed by atoms with Crippen molar-refractivity contribution in [2.24, 2.45) is 0 Å². The second kappa shape index (κ2) is 7.04. The minimum atomic E-state index is -0.150. The van der Waals surface area contributed by atoms with Crippen molar-refractivity contribution in [2.75, 3.05) is 19.8 Å². The van der Waals surface area contributed by atoms with E-state index in [2.05, 4.69) is 20.3 Å². The average Bonchev–Trinajstić information content (AvgIpc) is 3.21. The molecule has 1 aliphatic rings. The zero-order valence-electron chi connectivity index (χ0n) is 12.1. The molecule has 1 aliphatic heterocycles. The second-order valence-corrected chi connectivity index (χ2v) is 5.07. The van der Waals surface area contributed by atoms with Crippen molar-refractivity contribution in [2.45, 2.75) is 18.9 Å². The van der Waals surface area contributed by atoms with Gasteiger partial charge in [0.05, 0.1) is 25.1 Å². The van der Waals surface area contributed by atoms with Crippen LogP contribution in [0.5, 0.6) is 5.88 Å². The summed E-state index contributed by atoms with van der Waals surface area (Å²) >= 11 is 0. The quantitative estimate of drug-likeness (QED) is 0.829. The topological polar surface area (TPSA) is 89.1 Å². The van der Waals surface area contributed by atoms with E-state index in [1.807, 2.05) is 0 Å². The first-order valence-corrected chi connectivity index (χ1v) is 7.27. The van der Waals surface area contributed by atoms with Crippen LogP contribution in [0.4, 0.5) is 0 Å². The van der Waals surface area contributed by atoms with E-state index in [-0.39, 0.29) is 12.0 Å². The van der Waals surface area contributed by atoms with Crippen molar-refractivity contribution in [3.8, 4) is 5.88 Å². The summed E-state index contributed by atoms with van der Waals surface area (Å²) in [4.78, 5) is 23.1. The summed E-state index contributed by atoms with van der Waals surface area (Å²) in [6.45, 7) is 1.86. The van der Waals surface area contributed by atoms with E-state index in [0.717, 1.165) is 18.7 Å². The molecule has 2 aromatic rings. The number of carbonyl (C=O) groups is 1. The van der Waals surface area contributed by atoms with Crippen molar-refractivity contribution < 1.29 is 14.3 Å². The number of nitrogens with zero attached hydrogens (tertiary/aromatic N) is 2. The predicted octanol–water partition coefficient (Wildman–Crippen LogP) is 0.945. The molecule has 1 unspecified atom stereocenters. The van der Waals surface area contributed by atoms with Gasteiger partial charge < -0.3 is 19.8 Å². The molecule has 1 atom stereocenters. The van der Waals surface area contributed by atoms with Crippen molar-refractivity contribution in [3.63, 3.8) is 0 Å². The number of hydrogen-bond acceptors (Lipinski definition) is 5. The first-order chi connectivity index (χ1) is 10.8. The van der Waals surface area contributed by atoms with Gasteiger partial charge in [-0.1, -0.05) is 0 Å². The Morgan fingerprint density at radius 3 is 3.09 bits per heavy atom. The Morgan fingerprint density at radius 1 is 1.45 bits per heavy atom. The van der Waals surface area contributed by atoms with Gasteiger partial charge in [0.15, 0.2) is 0 Å². The molecule has 1 fully saturated rings. The SMILES string of the molecule is O=C(NCCc1cnc[nH]1)c1ccc(OC2CCOC2)nc1. The first-order valence-electron chi connectivity index (χ1n) is 7.27. The minimum absolute atomic E-state index is 0.0570. The molecule has 2 N–H and O–H groups in total. The Kier molecular flexibility index (Phi) is 4.65. The number of aromatic nitrogens is 3. The maximum absolute atomic E-state index is 12.0. The van der Waals surface area contributed by atoms with Crippen LogP contribution in [0.25, 0.3) is 0 Å². The van der Waals surface area contributed by atoms with Gasteiger partial charge in [0, 0.05) is 43.5 Å². The number of amides is 1. The maximum atomic E-state index is 12.0. The molecule has 3 heterocycles. The number of aromatic amines is 1. The van der Waals surface area contributed by atoms with E-state index in [1.165, 1.54) is 6.20 Å². The highest BCUT2D eigenvalue weighted by atomic mass is 16.5. The van der Waals surface area contributed by atoms with E-state index in [4.69, 9.17) is 9.47 Å². The monoisotopic (exact) mass is 302 g/mol. The maximum Gasteiger partial charge on any atom is 0.252 e. The standard InChI is InChI=1S/C15H18N4O3/c20-15(17-5-3-12-8-16-10-19-12)11-1-2-14(18-7-11)22-13-4-6-21-9-13/h1-2,7-8,10,13H,3-6,9H2,(H,16,19)(H,17,20). The van der Waals surface area contributed by atoms with E-state index in [9.17, 15) is 4.79 Å². The lowest BCUT2D eigenvalue weighted by atomic mass is 10.2. The normalized spacial score (nSPS) is 17.4. The van der Waals surface area contributed by atoms with Gasteiger partial charge in [0.25, 0.3) is 5.91 Å². The van der Waals surface area contributed by atoms with Crippen LogP contribution in [0.3, 0.4) is 0 Å². The molecule has 22 heavy (non-hydrogen) atoms. The van der Waals surface area contributed by atoms with Crippen LogP contribution >= 0.6 is 0 Å². The molecule has 0 saturated carbocycles. The van der Waals surface area contributed by atoms with Crippen molar-refractivity contribution in [1.29, 1.82) is 0 Å². The third kappa shape index (κ3) is 3.82. The van der Waals surface area contributed by atoms with Crippen molar-refractivity contribution >= 4 is 5.91 Å². The fourth-order valence-corrected chi connectivity index (χ4v) is 2.20. The van der Waals surface area contributed by atoms with Gasteiger partial charge in [-0.3, -0.25) is 4.79 Å². The largest absolute Gasteiger partial charge is 0.472 e. The predicted molar refractivity (Wildman–Crippen MR) is 78.7 cm³/mol. The molecule has 0 radical (unpaired) electrons. The molecule has 7 heteroatoms. The molecule has 116 valence electrons. The van der Waals surface area contributed by atoms with Crippen LogP contribution < -0.4 is 10.1 Å². The summed E-state index contributed by atoms with van der Waals surface area (Å²) in [5.41, 5.74) is 1.50. The number of ether oxygens (including phenoxy) is 2. The van der Waals surface area contributed by atoms with Gasteiger partial charge >= 0.3 is 0 Å². The van der Waals surface area contributed by atoms with Crippen LogP contribution in [0, 0.1) is 0 Å². The molecule has 7 nitrogen and oxygen atoms in total. The van der Waals surface area contributed by atoms with Gasteiger partial charge in [-0.05, 0) is 6.07 Å². The Labute approximate surface area is 128 Å². The molecular weight excluding hydrogens is 284 g/mol. The van der Waals surface area contributed by atoms with Gasteiger partial charge in [-0.15, -0.1) is 0 Å². The zero-order valence-corrected chi connectivity index (χ0v) is 12.1. The van der Waals surface area contributed by atoms with Crippen LogP contribution in [-0.4, -0.2) is 46.7 Å². The van der Waals surface area contributed by atoms with Gasteiger partial charge in [-0.25, -0.2) is 9.97 Å². The third-order valence-electron chi connectivity index (χ3n) is 3.41. The Hall–Kier alpha value is -2.41. The van der Waals surface area contributed by atoms with Crippen LogP contribution in [0.15, 0.2) is 30.9 Å². The van der Waals surface area contributed by atoms with Crippen molar-refractivity contribution in [3.05, 3.63) is 42.1 Å². The summed E-state index contributed by atoms with van der Waals surface area (Å²) < 4.78 is 10.9. The highest BCUT2D eigenvalue weighted by molar-refractivity contribution is 5.93. The molecule has 1 saturated heterocycles. The van der Waals surface area contributed by atoms with Crippen LogP contribution in [0.1, 0.15) is 22.5 Å². The van der Waals surface area contributed by atoms with Crippen molar-refractivity contribution in [1.82, 2.24) is 20.3 Å². The number of hydrogen-bond donors (Lipinski definition) is 2. The number of pyridine rings is 1. The summed E-state index contributed by atoms with van der Waals surface area (Å²) in [5.74, 6) is 0.368. The minimum Gasteiger partial charge on any atom is -0.472 e. The molecule has 0 aliphatic carbocycles. The smallest absolute Gasteiger partial charge is 0.252 e. The first kappa shape index (κ1) is 14.5. The number of H-pyrrole nitrogens is 1. The lowest BCUT2D eigenvalue weighted by Crippen LogP contribution is -2.26. The summed E-state index contributed by atoms with van der Waals surface area (Å²) in [6, 6.07) is 3.42. The average molecular weight is 302 g/mol. The summed E-state index contributed by atoms with van der Waals surface area (Å²) in [6.07, 6.45) is 6.53. The molecule has 1 amide bonds. The fraction of sp³-hybridized carbons (Fsp3) is 0.400. The lowest BCUT2D eigenvalue weighted by molar-refractivity contribution is 0.0953. The zero-order chi connectivity index (χ0) is 15.2. The van der Waals surface area contributed by atoms with E-state index >= 15 is 0 Å². The molecular formula is C15H18N4O3. The van der Waals surface area contributed by atoms with Crippen LogP contribution in [-0.2, 0) is 11.2 Å². The Bertz CT molecular complexity index is 592. The molecule has 0 aromatic carbocycles. The Morgan fingerprint density at radius 2 is 2.41 bits per heavy atom. The molecule has 3 rings (SSSR count). The fourth-order valence-electron chi connectivity index (χ4n) is 2.20. The molecule has 2 aromatic heterocycles. The number of nitrogens with one attached hydrogen (secondary N) is 2. The Balaban J connectivity index is 1.47. The number of carbonyl (C=O) groups excluding carboxylic acids is 1. The van der Waals surface area contributed by atoms with E-state index < -0.39 is 0 Å². The van der Waals surface area contributed by atoms with Gasteiger partial charge in [0.2, 0.25) is 5.88 Å². The lowest BCUT2D eigenvalue weighted by Gasteiger charge is -2.11. The van der Waals surface area contributed by atoms with Crippen LogP contribution in [0.2, 0.25) is 0 Å². The summed E-state index contributed by atoms with van der Waals surface area (Å²) in [7, 11) is 0. The van der Waals surface area contributed by atoms with Gasteiger partial charge in [0.1, 0.15) is 6.10 Å². The third-order valence-corrected chi connectivity index (χ3v) is 3.41. The van der Waals surface area contributed by atoms with Gasteiger partial charge in [-0.2, -0.15) is 0 Å². The van der Waals surface area contributed by atoms with E-state index in [1.54, 1.807) is 24.7 Å². The summed E-state index contributed by atoms with van der Waals surface area (Å²) in [5, 5.41) is 2.84. The molecule has 0 bridgehead atoms. The second-order valence-electron chi connectivity index (χ2n) is 5.07. The number of imidazole rings is 1. The highest BCUT2D eigenvalue weighted by Gasteiger charge is 2.17. The highest BCUT2D eigenvalue weighted by Crippen LogP contribution is 2.14. The molecule has 0 spiro atoms. The van der Waals surface area contributed by atoms with E-state index in [0.29, 0.717) is 31.0 Å².